The predicted molar refractivity (Wildman–Crippen MR) is 108 cm³/mol. The third-order valence-corrected chi connectivity index (χ3v) is 4.87. The molecule has 1 saturated heterocycles. The summed E-state index contributed by atoms with van der Waals surface area (Å²) in [7, 11) is 1.43. The number of nitro benzene ring substituents is 1. The minimum Gasteiger partial charge on any atom is -0.496 e. The standard InChI is InChI=1S/C19H26N6O5/c1-13(2)19-21-18(30-22-19)12-24-8-6-23(7-9-24)11-17(26)20-15-5-4-14(29-3)10-16(15)25(27)28/h4-5,10,13H,6-9,11-12H2,1-3H3,(H,20,26). The number of rotatable bonds is 8. The Morgan fingerprint density at radius 2 is 2.00 bits per heavy atom. The summed E-state index contributed by atoms with van der Waals surface area (Å²) in [6.45, 7) is 7.68. The van der Waals surface area contributed by atoms with Crippen LogP contribution in [-0.2, 0) is 11.3 Å². The molecule has 0 saturated carbocycles. The van der Waals surface area contributed by atoms with E-state index in [-0.39, 0.29) is 29.7 Å². The van der Waals surface area contributed by atoms with Crippen LogP contribution in [0.2, 0.25) is 0 Å². The molecule has 0 radical (unpaired) electrons. The van der Waals surface area contributed by atoms with Crippen molar-refractivity contribution in [3.63, 3.8) is 0 Å². The number of amides is 1. The van der Waals surface area contributed by atoms with Crippen molar-refractivity contribution in [2.45, 2.75) is 26.3 Å². The minimum absolute atomic E-state index is 0.154. The zero-order valence-corrected chi connectivity index (χ0v) is 17.3. The predicted octanol–water partition coefficient (Wildman–Crippen LogP) is 1.87. The summed E-state index contributed by atoms with van der Waals surface area (Å²) in [6.07, 6.45) is 0. The topological polar surface area (TPSA) is 127 Å². The number of benzene rings is 1. The van der Waals surface area contributed by atoms with Crippen molar-refractivity contribution in [1.82, 2.24) is 19.9 Å². The largest absolute Gasteiger partial charge is 0.496 e. The van der Waals surface area contributed by atoms with E-state index in [0.29, 0.717) is 37.1 Å². The Morgan fingerprint density at radius 1 is 1.30 bits per heavy atom. The van der Waals surface area contributed by atoms with Gasteiger partial charge in [0.05, 0.1) is 31.2 Å². The van der Waals surface area contributed by atoms with Crippen molar-refractivity contribution >= 4 is 17.3 Å². The van der Waals surface area contributed by atoms with E-state index in [4.69, 9.17) is 9.26 Å². The first-order valence-corrected chi connectivity index (χ1v) is 9.75. The van der Waals surface area contributed by atoms with Gasteiger partial charge in [-0.1, -0.05) is 19.0 Å². The van der Waals surface area contributed by atoms with Gasteiger partial charge in [-0.05, 0) is 12.1 Å². The first-order valence-electron chi connectivity index (χ1n) is 9.75. The minimum atomic E-state index is -0.543. The number of ether oxygens (including phenoxy) is 1. The lowest BCUT2D eigenvalue weighted by molar-refractivity contribution is -0.384. The number of anilines is 1. The lowest BCUT2D eigenvalue weighted by Crippen LogP contribution is -2.48. The van der Waals surface area contributed by atoms with Crippen LogP contribution in [0.15, 0.2) is 22.7 Å². The maximum absolute atomic E-state index is 12.4. The van der Waals surface area contributed by atoms with Crippen molar-refractivity contribution < 1.29 is 19.0 Å². The Kier molecular flexibility index (Phi) is 6.95. The van der Waals surface area contributed by atoms with Gasteiger partial charge in [-0.3, -0.25) is 24.7 Å². The molecular formula is C19H26N6O5. The quantitative estimate of drug-likeness (QED) is 0.505. The Hall–Kier alpha value is -3.05. The van der Waals surface area contributed by atoms with Gasteiger partial charge in [0.15, 0.2) is 5.82 Å². The Morgan fingerprint density at radius 3 is 2.60 bits per heavy atom. The molecule has 11 heteroatoms. The van der Waals surface area contributed by atoms with Crippen molar-refractivity contribution in [2.24, 2.45) is 0 Å². The van der Waals surface area contributed by atoms with Gasteiger partial charge in [0.1, 0.15) is 11.4 Å². The smallest absolute Gasteiger partial charge is 0.296 e. The summed E-state index contributed by atoms with van der Waals surface area (Å²) < 4.78 is 10.3. The maximum Gasteiger partial charge on any atom is 0.296 e. The molecule has 1 aliphatic rings. The molecule has 0 aliphatic carbocycles. The highest BCUT2D eigenvalue weighted by Gasteiger charge is 2.23. The average Bonchev–Trinajstić information content (AvgIpc) is 3.18. The average molecular weight is 418 g/mol. The molecule has 162 valence electrons. The van der Waals surface area contributed by atoms with E-state index in [0.717, 1.165) is 13.1 Å². The number of carbonyl (C=O) groups is 1. The van der Waals surface area contributed by atoms with Crippen LogP contribution >= 0.6 is 0 Å². The fourth-order valence-electron chi connectivity index (χ4n) is 3.15. The first kappa shape index (κ1) is 21.7. The number of nitrogens with one attached hydrogen (secondary N) is 1. The van der Waals surface area contributed by atoms with Gasteiger partial charge >= 0.3 is 0 Å². The highest BCUT2D eigenvalue weighted by atomic mass is 16.6. The van der Waals surface area contributed by atoms with E-state index in [1.54, 1.807) is 6.07 Å². The van der Waals surface area contributed by atoms with Gasteiger partial charge in [-0.15, -0.1) is 0 Å². The van der Waals surface area contributed by atoms with Crippen LogP contribution in [0.3, 0.4) is 0 Å². The molecule has 0 atom stereocenters. The number of nitrogens with zero attached hydrogens (tertiary/aromatic N) is 5. The number of carbonyl (C=O) groups excluding carboxylic acids is 1. The van der Waals surface area contributed by atoms with Gasteiger partial charge in [0.2, 0.25) is 11.8 Å². The third kappa shape index (κ3) is 5.51. The van der Waals surface area contributed by atoms with Gasteiger partial charge in [-0.2, -0.15) is 4.98 Å². The molecule has 11 nitrogen and oxygen atoms in total. The lowest BCUT2D eigenvalue weighted by Gasteiger charge is -2.33. The Bertz CT molecular complexity index is 891. The van der Waals surface area contributed by atoms with E-state index in [9.17, 15) is 14.9 Å². The summed E-state index contributed by atoms with van der Waals surface area (Å²) in [5.41, 5.74) is -0.0466. The van der Waals surface area contributed by atoms with Crippen molar-refractivity contribution in [1.29, 1.82) is 0 Å². The zero-order chi connectivity index (χ0) is 21.7. The van der Waals surface area contributed by atoms with E-state index < -0.39 is 4.92 Å². The molecule has 1 fully saturated rings. The molecule has 1 N–H and O–H groups in total. The van der Waals surface area contributed by atoms with E-state index >= 15 is 0 Å². The molecule has 0 bridgehead atoms. The lowest BCUT2D eigenvalue weighted by atomic mass is 10.2. The summed E-state index contributed by atoms with van der Waals surface area (Å²) in [5, 5.41) is 17.9. The molecule has 2 aromatic rings. The molecule has 2 heterocycles. The third-order valence-electron chi connectivity index (χ3n) is 4.87. The monoisotopic (exact) mass is 418 g/mol. The van der Waals surface area contributed by atoms with Gasteiger partial charge in [-0.25, -0.2) is 0 Å². The first-order chi connectivity index (χ1) is 14.4. The second-order valence-corrected chi connectivity index (χ2v) is 7.44. The van der Waals surface area contributed by atoms with Crippen LogP contribution in [0.1, 0.15) is 31.5 Å². The van der Waals surface area contributed by atoms with Crippen LogP contribution in [0, 0.1) is 10.1 Å². The molecule has 1 aromatic heterocycles. The van der Waals surface area contributed by atoms with Crippen LogP contribution in [-0.4, -0.2) is 70.6 Å². The highest BCUT2D eigenvalue weighted by Crippen LogP contribution is 2.28. The fraction of sp³-hybridized carbons (Fsp3) is 0.526. The maximum atomic E-state index is 12.4. The molecule has 1 aliphatic heterocycles. The normalized spacial score (nSPS) is 15.3. The highest BCUT2D eigenvalue weighted by molar-refractivity contribution is 5.94. The zero-order valence-electron chi connectivity index (χ0n) is 17.3. The molecule has 1 amide bonds. The van der Waals surface area contributed by atoms with E-state index in [1.807, 2.05) is 18.7 Å². The second-order valence-electron chi connectivity index (χ2n) is 7.44. The molecular weight excluding hydrogens is 392 g/mol. The van der Waals surface area contributed by atoms with Crippen molar-refractivity contribution in [2.75, 3.05) is 45.2 Å². The molecule has 0 unspecified atom stereocenters. The van der Waals surface area contributed by atoms with Crippen molar-refractivity contribution in [3.8, 4) is 5.75 Å². The Labute approximate surface area is 174 Å². The van der Waals surface area contributed by atoms with Crippen molar-refractivity contribution in [3.05, 3.63) is 40.0 Å². The number of piperazine rings is 1. The van der Waals surface area contributed by atoms with E-state index in [2.05, 4.69) is 20.4 Å². The fourth-order valence-corrected chi connectivity index (χ4v) is 3.15. The number of hydrogen-bond acceptors (Lipinski definition) is 9. The van der Waals surface area contributed by atoms with Gasteiger partial charge in [0.25, 0.3) is 5.69 Å². The summed E-state index contributed by atoms with van der Waals surface area (Å²) in [5.74, 6) is 1.58. The SMILES string of the molecule is COc1ccc(NC(=O)CN2CCN(Cc3nc(C(C)C)no3)CC2)c([N+](=O)[O-])c1. The number of methoxy groups -OCH3 is 1. The van der Waals surface area contributed by atoms with Gasteiger partial charge in [0, 0.05) is 32.1 Å². The second kappa shape index (κ2) is 9.63. The van der Waals surface area contributed by atoms with Crippen LogP contribution < -0.4 is 10.1 Å². The number of nitro groups is 1. The molecule has 0 spiro atoms. The molecule has 3 rings (SSSR count). The van der Waals surface area contributed by atoms with Crippen LogP contribution in [0.25, 0.3) is 0 Å². The van der Waals surface area contributed by atoms with Gasteiger partial charge < -0.3 is 14.6 Å². The molecule has 1 aromatic carbocycles. The van der Waals surface area contributed by atoms with E-state index in [1.165, 1.54) is 19.2 Å². The summed E-state index contributed by atoms with van der Waals surface area (Å²) >= 11 is 0. The number of hydrogen-bond donors (Lipinski definition) is 1. The Balaban J connectivity index is 1.49. The number of aromatic nitrogens is 2. The van der Waals surface area contributed by atoms with Crippen LogP contribution in [0.5, 0.6) is 5.75 Å². The molecule has 30 heavy (non-hydrogen) atoms. The van der Waals surface area contributed by atoms with Crippen LogP contribution in [0.4, 0.5) is 11.4 Å². The summed E-state index contributed by atoms with van der Waals surface area (Å²) in [6, 6.07) is 4.34. The summed E-state index contributed by atoms with van der Waals surface area (Å²) in [4.78, 5) is 31.7.